The molecular formula is C18H18N4S. The minimum absolute atomic E-state index is 0.769. The van der Waals surface area contributed by atoms with Crippen LogP contribution in [-0.2, 0) is 19.5 Å². The van der Waals surface area contributed by atoms with Crippen LogP contribution in [0.15, 0.2) is 42.2 Å². The van der Waals surface area contributed by atoms with E-state index < -0.39 is 0 Å². The molecule has 0 saturated carbocycles. The number of pyridine rings is 1. The number of rotatable bonds is 3. The van der Waals surface area contributed by atoms with Crippen LogP contribution in [0.5, 0.6) is 0 Å². The summed E-state index contributed by atoms with van der Waals surface area (Å²) in [6.07, 6.45) is 6.59. The average Bonchev–Trinajstić information content (AvgIpc) is 3.00. The number of hydrogen-bond donors (Lipinski definition) is 0. The van der Waals surface area contributed by atoms with Crippen LogP contribution in [0.2, 0.25) is 0 Å². The molecule has 0 N–H and O–H groups in total. The van der Waals surface area contributed by atoms with E-state index in [0.29, 0.717) is 0 Å². The van der Waals surface area contributed by atoms with Crippen LogP contribution in [0.1, 0.15) is 21.7 Å². The highest BCUT2D eigenvalue weighted by Crippen LogP contribution is 2.23. The Morgan fingerprint density at radius 2 is 2.26 bits per heavy atom. The Labute approximate surface area is 139 Å². The van der Waals surface area contributed by atoms with Crippen molar-refractivity contribution in [3.05, 3.63) is 63.9 Å². The van der Waals surface area contributed by atoms with Crippen LogP contribution >= 0.6 is 11.3 Å². The highest BCUT2D eigenvalue weighted by atomic mass is 32.1. The SMILES string of the molecule is Cc1csc(CN2CCc3cnc(-c4cccnc4)nc3C2)c1. The van der Waals surface area contributed by atoms with Gasteiger partial charge in [0, 0.05) is 48.7 Å². The van der Waals surface area contributed by atoms with Crippen molar-refractivity contribution in [2.45, 2.75) is 26.4 Å². The third-order valence-electron chi connectivity index (χ3n) is 4.11. The van der Waals surface area contributed by atoms with E-state index in [1.165, 1.54) is 16.0 Å². The molecular weight excluding hydrogens is 304 g/mol. The molecule has 0 fully saturated rings. The molecule has 0 amide bonds. The van der Waals surface area contributed by atoms with Gasteiger partial charge in [-0.25, -0.2) is 9.97 Å². The number of nitrogens with zero attached hydrogens (tertiary/aromatic N) is 4. The molecule has 0 saturated heterocycles. The molecule has 4 rings (SSSR count). The van der Waals surface area contributed by atoms with Crippen LogP contribution < -0.4 is 0 Å². The first-order chi connectivity index (χ1) is 11.3. The summed E-state index contributed by atoms with van der Waals surface area (Å²) in [4.78, 5) is 17.3. The molecule has 0 bridgehead atoms. The Bertz CT molecular complexity index is 813. The normalized spacial score (nSPS) is 14.7. The molecule has 1 aliphatic rings. The minimum Gasteiger partial charge on any atom is -0.292 e. The summed E-state index contributed by atoms with van der Waals surface area (Å²) in [5, 5.41) is 2.22. The summed E-state index contributed by atoms with van der Waals surface area (Å²) in [6, 6.07) is 6.20. The summed E-state index contributed by atoms with van der Waals surface area (Å²) in [5.74, 6) is 0.769. The van der Waals surface area contributed by atoms with Crippen LogP contribution in [-0.4, -0.2) is 26.4 Å². The fourth-order valence-electron chi connectivity index (χ4n) is 2.92. The maximum absolute atomic E-state index is 4.79. The van der Waals surface area contributed by atoms with E-state index >= 15 is 0 Å². The molecule has 0 unspecified atom stereocenters. The van der Waals surface area contributed by atoms with Gasteiger partial charge in [0.2, 0.25) is 0 Å². The Balaban J connectivity index is 1.56. The second-order valence-corrected chi connectivity index (χ2v) is 6.95. The molecule has 0 aliphatic carbocycles. The third-order valence-corrected chi connectivity index (χ3v) is 5.15. The molecule has 0 radical (unpaired) electrons. The minimum atomic E-state index is 0.769. The summed E-state index contributed by atoms with van der Waals surface area (Å²) in [5.41, 5.74) is 4.75. The lowest BCUT2D eigenvalue weighted by atomic mass is 10.1. The number of aryl methyl sites for hydroxylation is 1. The molecule has 4 heterocycles. The molecule has 1 aliphatic heterocycles. The first kappa shape index (κ1) is 14.5. The van der Waals surface area contributed by atoms with E-state index in [4.69, 9.17) is 4.98 Å². The number of aromatic nitrogens is 3. The van der Waals surface area contributed by atoms with Crippen molar-refractivity contribution in [2.24, 2.45) is 0 Å². The van der Waals surface area contributed by atoms with Gasteiger partial charge in [0.05, 0.1) is 5.69 Å². The third kappa shape index (κ3) is 3.16. The quantitative estimate of drug-likeness (QED) is 0.740. The highest BCUT2D eigenvalue weighted by molar-refractivity contribution is 7.10. The number of thiophene rings is 1. The molecule has 0 aromatic carbocycles. The second kappa shape index (κ2) is 6.18. The Morgan fingerprint density at radius 1 is 1.30 bits per heavy atom. The molecule has 116 valence electrons. The zero-order chi connectivity index (χ0) is 15.6. The van der Waals surface area contributed by atoms with E-state index in [9.17, 15) is 0 Å². The zero-order valence-electron chi connectivity index (χ0n) is 13.1. The van der Waals surface area contributed by atoms with Gasteiger partial charge in [0.25, 0.3) is 0 Å². The van der Waals surface area contributed by atoms with Gasteiger partial charge in [0.1, 0.15) is 0 Å². The van der Waals surface area contributed by atoms with Crippen molar-refractivity contribution in [2.75, 3.05) is 6.54 Å². The Morgan fingerprint density at radius 3 is 3.04 bits per heavy atom. The fourth-order valence-corrected chi connectivity index (χ4v) is 3.84. The van der Waals surface area contributed by atoms with Gasteiger partial charge in [-0.15, -0.1) is 11.3 Å². The molecule has 3 aromatic rings. The van der Waals surface area contributed by atoms with E-state index in [0.717, 1.165) is 43.1 Å². The van der Waals surface area contributed by atoms with Crippen LogP contribution in [0.3, 0.4) is 0 Å². The van der Waals surface area contributed by atoms with E-state index in [1.54, 1.807) is 6.20 Å². The van der Waals surface area contributed by atoms with Crippen LogP contribution in [0.25, 0.3) is 11.4 Å². The molecule has 3 aromatic heterocycles. The van der Waals surface area contributed by atoms with Crippen molar-refractivity contribution in [1.82, 2.24) is 19.9 Å². The highest BCUT2D eigenvalue weighted by Gasteiger charge is 2.19. The second-order valence-electron chi connectivity index (χ2n) is 5.96. The van der Waals surface area contributed by atoms with Gasteiger partial charge in [-0.05, 0) is 48.1 Å². The predicted molar refractivity (Wildman–Crippen MR) is 92.1 cm³/mol. The predicted octanol–water partition coefficient (Wildman–Crippen LogP) is 3.47. The lowest BCUT2D eigenvalue weighted by Gasteiger charge is -2.27. The maximum Gasteiger partial charge on any atom is 0.160 e. The van der Waals surface area contributed by atoms with Crippen molar-refractivity contribution >= 4 is 11.3 Å². The van der Waals surface area contributed by atoms with Crippen LogP contribution in [0, 0.1) is 6.92 Å². The van der Waals surface area contributed by atoms with Crippen molar-refractivity contribution in [3.8, 4) is 11.4 Å². The summed E-state index contributed by atoms with van der Waals surface area (Å²) in [6.45, 7) is 5.12. The van der Waals surface area contributed by atoms with E-state index in [1.807, 2.05) is 35.9 Å². The molecule has 0 atom stereocenters. The molecule has 23 heavy (non-hydrogen) atoms. The van der Waals surface area contributed by atoms with Gasteiger partial charge in [-0.2, -0.15) is 0 Å². The van der Waals surface area contributed by atoms with Crippen molar-refractivity contribution in [1.29, 1.82) is 0 Å². The first-order valence-corrected chi connectivity index (χ1v) is 8.67. The summed E-state index contributed by atoms with van der Waals surface area (Å²) >= 11 is 1.84. The largest absolute Gasteiger partial charge is 0.292 e. The summed E-state index contributed by atoms with van der Waals surface area (Å²) < 4.78 is 0. The van der Waals surface area contributed by atoms with Gasteiger partial charge in [0.15, 0.2) is 5.82 Å². The number of fused-ring (bicyclic) bond motifs is 1. The fraction of sp³-hybridized carbons (Fsp3) is 0.278. The Hall–Kier alpha value is -2.11. The smallest absolute Gasteiger partial charge is 0.160 e. The van der Waals surface area contributed by atoms with Crippen LogP contribution in [0.4, 0.5) is 0 Å². The van der Waals surface area contributed by atoms with Crippen molar-refractivity contribution in [3.63, 3.8) is 0 Å². The van der Waals surface area contributed by atoms with Gasteiger partial charge < -0.3 is 0 Å². The molecule has 5 heteroatoms. The first-order valence-electron chi connectivity index (χ1n) is 7.79. The lowest BCUT2D eigenvalue weighted by Crippen LogP contribution is -2.30. The molecule has 0 spiro atoms. The lowest BCUT2D eigenvalue weighted by molar-refractivity contribution is 0.243. The van der Waals surface area contributed by atoms with E-state index in [2.05, 4.69) is 33.2 Å². The average molecular weight is 322 g/mol. The van der Waals surface area contributed by atoms with Gasteiger partial charge in [-0.1, -0.05) is 0 Å². The standard InChI is InChI=1S/C18H18N4S/c1-13-7-16(23-12-13)10-22-6-4-14-9-20-18(21-17(14)11-22)15-3-2-5-19-8-15/h2-3,5,7-9,12H,4,6,10-11H2,1H3. The topological polar surface area (TPSA) is 41.9 Å². The Kier molecular flexibility index (Phi) is 3.89. The van der Waals surface area contributed by atoms with Gasteiger partial charge >= 0.3 is 0 Å². The van der Waals surface area contributed by atoms with Gasteiger partial charge in [-0.3, -0.25) is 9.88 Å². The monoisotopic (exact) mass is 322 g/mol. The number of hydrogen-bond acceptors (Lipinski definition) is 5. The maximum atomic E-state index is 4.79. The zero-order valence-corrected chi connectivity index (χ0v) is 13.9. The van der Waals surface area contributed by atoms with E-state index in [-0.39, 0.29) is 0 Å². The molecule has 4 nitrogen and oxygen atoms in total. The van der Waals surface area contributed by atoms with Crippen molar-refractivity contribution < 1.29 is 0 Å². The summed E-state index contributed by atoms with van der Waals surface area (Å²) in [7, 11) is 0.